The molecule has 2 unspecified atom stereocenters. The number of rotatable bonds is 10. The molecule has 1 aliphatic heterocycles. The largest absolute Gasteiger partial charge is 0.457 e. The van der Waals surface area contributed by atoms with Gasteiger partial charge in [-0.2, -0.15) is 5.48 Å². The fraction of sp³-hybridized carbons (Fsp3) is 0.276. The standard InChI is InChI=1S/C29H30N4O10/c1-2-18-30-27(34)42-26-25(41-28(35)31-43-24-12-10-20(11-13-24)33(37)38)9-6-19-32(26)29(36)40-23-16-14-22(15-17-23)39-21-7-4-3-5-8-21/h3-5,7-8,10-17,25-26H,2,6,9,18-19H2,1H3,(H,30,34)(H,31,35). The molecule has 1 aliphatic rings. The highest BCUT2D eigenvalue weighted by atomic mass is 16.7. The van der Waals surface area contributed by atoms with Gasteiger partial charge in [-0.15, -0.1) is 0 Å². The van der Waals surface area contributed by atoms with Crippen molar-refractivity contribution in [1.82, 2.24) is 15.7 Å². The van der Waals surface area contributed by atoms with E-state index in [2.05, 4.69) is 10.8 Å². The Morgan fingerprint density at radius 1 is 0.884 bits per heavy atom. The lowest BCUT2D eigenvalue weighted by Gasteiger charge is -2.38. The van der Waals surface area contributed by atoms with E-state index in [0.29, 0.717) is 30.9 Å². The Balaban J connectivity index is 1.39. The van der Waals surface area contributed by atoms with Gasteiger partial charge in [-0.1, -0.05) is 25.1 Å². The van der Waals surface area contributed by atoms with Gasteiger partial charge in [0.25, 0.3) is 5.69 Å². The predicted molar refractivity (Wildman–Crippen MR) is 151 cm³/mol. The molecule has 2 atom stereocenters. The highest BCUT2D eigenvalue weighted by Gasteiger charge is 2.41. The predicted octanol–water partition coefficient (Wildman–Crippen LogP) is 5.53. The smallest absolute Gasteiger partial charge is 0.441 e. The Bertz CT molecular complexity index is 1390. The third-order valence-electron chi connectivity index (χ3n) is 6.06. The molecule has 4 rings (SSSR count). The lowest BCUT2D eigenvalue weighted by molar-refractivity contribution is -0.384. The number of ether oxygens (including phenoxy) is 4. The van der Waals surface area contributed by atoms with Crippen LogP contribution in [0.2, 0.25) is 0 Å². The molecule has 0 bridgehead atoms. The van der Waals surface area contributed by atoms with Gasteiger partial charge in [-0.3, -0.25) is 15.0 Å². The van der Waals surface area contributed by atoms with Gasteiger partial charge >= 0.3 is 18.3 Å². The first-order chi connectivity index (χ1) is 20.8. The molecule has 226 valence electrons. The van der Waals surface area contributed by atoms with E-state index in [1.54, 1.807) is 24.3 Å². The molecule has 0 radical (unpaired) electrons. The van der Waals surface area contributed by atoms with Crippen molar-refractivity contribution in [3.8, 4) is 23.0 Å². The molecule has 14 nitrogen and oxygen atoms in total. The lowest BCUT2D eigenvalue weighted by atomic mass is 10.1. The summed E-state index contributed by atoms with van der Waals surface area (Å²) in [5.41, 5.74) is 1.92. The van der Waals surface area contributed by atoms with Crippen LogP contribution in [0.5, 0.6) is 23.0 Å². The van der Waals surface area contributed by atoms with Gasteiger partial charge in [0.2, 0.25) is 6.23 Å². The van der Waals surface area contributed by atoms with Crippen LogP contribution < -0.4 is 25.1 Å². The van der Waals surface area contributed by atoms with Gasteiger partial charge < -0.3 is 29.1 Å². The van der Waals surface area contributed by atoms with Crippen molar-refractivity contribution in [1.29, 1.82) is 0 Å². The fourth-order valence-corrected chi connectivity index (χ4v) is 4.02. The van der Waals surface area contributed by atoms with Gasteiger partial charge in [0.15, 0.2) is 11.9 Å². The van der Waals surface area contributed by atoms with E-state index >= 15 is 0 Å². The van der Waals surface area contributed by atoms with E-state index in [9.17, 15) is 24.5 Å². The van der Waals surface area contributed by atoms with E-state index in [-0.39, 0.29) is 30.2 Å². The first-order valence-electron chi connectivity index (χ1n) is 13.5. The second-order valence-corrected chi connectivity index (χ2v) is 9.21. The Morgan fingerprint density at radius 2 is 1.53 bits per heavy atom. The summed E-state index contributed by atoms with van der Waals surface area (Å²) >= 11 is 0. The number of benzene rings is 3. The van der Waals surface area contributed by atoms with E-state index in [0.717, 1.165) is 0 Å². The maximum atomic E-state index is 13.2. The number of hydrogen-bond donors (Lipinski definition) is 2. The maximum Gasteiger partial charge on any atom is 0.441 e. The Kier molecular flexibility index (Phi) is 10.6. The molecule has 0 saturated carbocycles. The summed E-state index contributed by atoms with van der Waals surface area (Å²) in [4.78, 5) is 54.7. The number of nitrogens with zero attached hydrogens (tertiary/aromatic N) is 2. The zero-order chi connectivity index (χ0) is 30.6. The second kappa shape index (κ2) is 14.9. The summed E-state index contributed by atoms with van der Waals surface area (Å²) in [5, 5.41) is 13.4. The van der Waals surface area contributed by atoms with Gasteiger partial charge in [0.05, 0.1) is 4.92 Å². The average Bonchev–Trinajstić information content (AvgIpc) is 3.01. The van der Waals surface area contributed by atoms with Gasteiger partial charge in [0.1, 0.15) is 17.2 Å². The minimum Gasteiger partial charge on any atom is -0.457 e. The van der Waals surface area contributed by atoms with E-state index in [4.69, 9.17) is 23.8 Å². The van der Waals surface area contributed by atoms with E-state index < -0.39 is 35.5 Å². The van der Waals surface area contributed by atoms with Crippen molar-refractivity contribution < 1.29 is 43.1 Å². The number of non-ortho nitro benzene ring substituents is 1. The van der Waals surface area contributed by atoms with Crippen LogP contribution in [-0.4, -0.2) is 53.5 Å². The molecule has 3 aromatic rings. The van der Waals surface area contributed by atoms with Crippen LogP contribution in [0.3, 0.4) is 0 Å². The van der Waals surface area contributed by atoms with Crippen LogP contribution in [0.25, 0.3) is 0 Å². The first kappa shape index (κ1) is 30.4. The molecule has 3 aromatic carbocycles. The van der Waals surface area contributed by atoms with E-state index in [1.807, 2.05) is 37.3 Å². The van der Waals surface area contributed by atoms with Crippen molar-refractivity contribution in [2.75, 3.05) is 13.1 Å². The third kappa shape index (κ3) is 8.98. The topological polar surface area (TPSA) is 168 Å². The van der Waals surface area contributed by atoms with Gasteiger partial charge in [0, 0.05) is 25.2 Å². The second-order valence-electron chi connectivity index (χ2n) is 9.21. The lowest BCUT2D eigenvalue weighted by Crippen LogP contribution is -2.56. The number of hydrogen-bond acceptors (Lipinski definition) is 10. The molecule has 0 aromatic heterocycles. The Labute approximate surface area is 246 Å². The quantitative estimate of drug-likeness (QED) is 0.225. The zero-order valence-electron chi connectivity index (χ0n) is 23.2. The molecule has 3 amide bonds. The van der Waals surface area contributed by atoms with Crippen molar-refractivity contribution >= 4 is 24.0 Å². The number of likely N-dealkylation sites (tertiary alicyclic amines) is 1. The molecular formula is C29H30N4O10. The fourth-order valence-electron chi connectivity index (χ4n) is 4.02. The summed E-state index contributed by atoms with van der Waals surface area (Å²) in [6.45, 7) is 2.37. The molecule has 0 aliphatic carbocycles. The third-order valence-corrected chi connectivity index (χ3v) is 6.06. The van der Waals surface area contributed by atoms with Gasteiger partial charge in [-0.25, -0.2) is 14.4 Å². The number of alkyl carbamates (subject to hydrolysis) is 1. The number of nitrogens with one attached hydrogen (secondary N) is 2. The number of nitro groups is 1. The Morgan fingerprint density at radius 3 is 2.21 bits per heavy atom. The van der Waals surface area contributed by atoms with Crippen molar-refractivity contribution in [2.24, 2.45) is 0 Å². The molecule has 1 fully saturated rings. The molecule has 14 heteroatoms. The summed E-state index contributed by atoms with van der Waals surface area (Å²) in [6, 6.07) is 20.6. The van der Waals surface area contributed by atoms with E-state index in [1.165, 1.54) is 29.2 Å². The van der Waals surface area contributed by atoms with Crippen molar-refractivity contribution in [2.45, 2.75) is 38.5 Å². The summed E-state index contributed by atoms with van der Waals surface area (Å²) in [7, 11) is 0. The number of para-hydroxylation sites is 1. The number of nitro benzene ring substituents is 1. The molecule has 1 heterocycles. The summed E-state index contributed by atoms with van der Waals surface area (Å²) < 4.78 is 22.2. The van der Waals surface area contributed by atoms with Crippen LogP contribution >= 0.6 is 0 Å². The minimum atomic E-state index is -1.30. The molecule has 43 heavy (non-hydrogen) atoms. The highest BCUT2D eigenvalue weighted by Crippen LogP contribution is 2.27. The van der Waals surface area contributed by atoms with Crippen LogP contribution in [0, 0.1) is 10.1 Å². The normalized spacial score (nSPS) is 15.9. The molecule has 0 spiro atoms. The number of carbonyl (C=O) groups excluding carboxylic acids is 3. The number of piperidine rings is 1. The van der Waals surface area contributed by atoms with Crippen molar-refractivity contribution in [3.63, 3.8) is 0 Å². The Hall–Kier alpha value is -5.53. The minimum absolute atomic E-state index is 0.114. The van der Waals surface area contributed by atoms with Gasteiger partial charge in [-0.05, 0) is 67.8 Å². The SMILES string of the molecule is CCCNC(=O)OC1C(OC(=O)NOc2ccc([N+](=O)[O-])cc2)CCCN1C(=O)Oc1ccc(Oc2ccccc2)cc1. The van der Waals surface area contributed by atoms with Crippen LogP contribution in [-0.2, 0) is 9.47 Å². The molecule has 2 N–H and O–H groups in total. The van der Waals surface area contributed by atoms with Crippen molar-refractivity contribution in [3.05, 3.63) is 89.0 Å². The van der Waals surface area contributed by atoms with Crippen LogP contribution in [0.4, 0.5) is 20.1 Å². The number of amides is 3. The highest BCUT2D eigenvalue weighted by molar-refractivity contribution is 5.73. The van der Waals surface area contributed by atoms with Crippen LogP contribution in [0.15, 0.2) is 78.9 Å². The van der Waals surface area contributed by atoms with Crippen LogP contribution in [0.1, 0.15) is 26.2 Å². The summed E-state index contributed by atoms with van der Waals surface area (Å²) in [6.07, 6.45) is -3.68. The average molecular weight is 595 g/mol. The molecule has 1 saturated heterocycles. The first-order valence-corrected chi connectivity index (χ1v) is 13.5. The number of carbonyl (C=O) groups is 3. The maximum absolute atomic E-state index is 13.2. The molecular weight excluding hydrogens is 564 g/mol. The number of hydroxylamine groups is 1. The monoisotopic (exact) mass is 594 g/mol. The zero-order valence-corrected chi connectivity index (χ0v) is 23.2. The summed E-state index contributed by atoms with van der Waals surface area (Å²) in [5.74, 6) is 1.52.